The van der Waals surface area contributed by atoms with Crippen LogP contribution in [0, 0.1) is 0 Å². The zero-order valence-electron chi connectivity index (χ0n) is 13.1. The van der Waals surface area contributed by atoms with Crippen LogP contribution >= 0.6 is 11.8 Å². The van der Waals surface area contributed by atoms with Gasteiger partial charge in [-0.3, -0.25) is 4.90 Å². The van der Waals surface area contributed by atoms with E-state index in [1.54, 1.807) is 0 Å². The highest BCUT2D eigenvalue weighted by Gasteiger charge is 2.30. The summed E-state index contributed by atoms with van der Waals surface area (Å²) in [6.45, 7) is 13.1. The Morgan fingerprint density at radius 1 is 1.21 bits per heavy atom. The monoisotopic (exact) mass is 285 g/mol. The van der Waals surface area contributed by atoms with Gasteiger partial charge < -0.3 is 10.2 Å². The molecule has 0 aromatic rings. The van der Waals surface area contributed by atoms with Gasteiger partial charge in [-0.2, -0.15) is 11.8 Å². The predicted molar refractivity (Wildman–Crippen MR) is 86.1 cm³/mol. The minimum absolute atomic E-state index is 0.281. The number of rotatable bonds is 4. The molecule has 0 aromatic carbocycles. The minimum atomic E-state index is 0.281. The third-order valence-corrected chi connectivity index (χ3v) is 6.14. The fourth-order valence-corrected chi connectivity index (χ4v) is 4.27. The summed E-state index contributed by atoms with van der Waals surface area (Å²) in [5.41, 5.74) is 0.281. The lowest BCUT2D eigenvalue weighted by molar-refractivity contribution is 0.0599. The van der Waals surface area contributed by atoms with Crippen LogP contribution in [0.15, 0.2) is 0 Å². The van der Waals surface area contributed by atoms with Crippen molar-refractivity contribution in [3.63, 3.8) is 0 Å². The summed E-state index contributed by atoms with van der Waals surface area (Å²) in [6.07, 6.45) is 2.73. The van der Waals surface area contributed by atoms with Crippen LogP contribution in [0.3, 0.4) is 0 Å². The molecule has 2 atom stereocenters. The van der Waals surface area contributed by atoms with Gasteiger partial charge in [0, 0.05) is 49.6 Å². The highest BCUT2D eigenvalue weighted by Crippen LogP contribution is 2.26. The molecule has 19 heavy (non-hydrogen) atoms. The first-order valence-corrected chi connectivity index (χ1v) is 8.82. The molecule has 0 aliphatic carbocycles. The largest absolute Gasteiger partial charge is 0.311 e. The van der Waals surface area contributed by atoms with Crippen molar-refractivity contribution in [1.82, 2.24) is 15.1 Å². The highest BCUT2D eigenvalue weighted by atomic mass is 32.2. The van der Waals surface area contributed by atoms with Crippen molar-refractivity contribution >= 4 is 11.8 Å². The first-order chi connectivity index (χ1) is 8.99. The Labute approximate surface area is 123 Å². The van der Waals surface area contributed by atoms with E-state index >= 15 is 0 Å². The molecule has 0 aromatic heterocycles. The molecule has 0 saturated carbocycles. The van der Waals surface area contributed by atoms with Crippen molar-refractivity contribution in [3.8, 4) is 0 Å². The van der Waals surface area contributed by atoms with Crippen LogP contribution in [-0.4, -0.2) is 72.2 Å². The second-order valence-electron chi connectivity index (χ2n) is 6.81. The maximum atomic E-state index is 3.84. The highest BCUT2D eigenvalue weighted by molar-refractivity contribution is 7.99. The van der Waals surface area contributed by atoms with E-state index in [4.69, 9.17) is 0 Å². The van der Waals surface area contributed by atoms with Gasteiger partial charge >= 0.3 is 0 Å². The topological polar surface area (TPSA) is 18.5 Å². The van der Waals surface area contributed by atoms with Crippen molar-refractivity contribution in [2.45, 2.75) is 50.4 Å². The lowest BCUT2D eigenvalue weighted by Crippen LogP contribution is -2.58. The van der Waals surface area contributed by atoms with Crippen molar-refractivity contribution in [2.75, 3.05) is 45.5 Å². The first kappa shape index (κ1) is 15.6. The van der Waals surface area contributed by atoms with Crippen molar-refractivity contribution < 1.29 is 0 Å². The molecule has 112 valence electrons. The third kappa shape index (κ3) is 4.35. The molecule has 2 fully saturated rings. The van der Waals surface area contributed by atoms with Gasteiger partial charge in [0.15, 0.2) is 0 Å². The van der Waals surface area contributed by atoms with Gasteiger partial charge in [0.1, 0.15) is 0 Å². The number of nitrogens with zero attached hydrogens (tertiary/aromatic N) is 2. The molecule has 4 heteroatoms. The first-order valence-electron chi connectivity index (χ1n) is 7.77. The minimum Gasteiger partial charge on any atom is -0.311 e. The molecule has 0 amide bonds. The fourth-order valence-electron chi connectivity index (χ4n) is 3.10. The van der Waals surface area contributed by atoms with Crippen LogP contribution in [-0.2, 0) is 0 Å². The molecular weight excluding hydrogens is 254 g/mol. The Morgan fingerprint density at radius 2 is 1.89 bits per heavy atom. The van der Waals surface area contributed by atoms with Gasteiger partial charge in [-0.15, -0.1) is 0 Å². The summed E-state index contributed by atoms with van der Waals surface area (Å²) < 4.78 is 0. The average molecular weight is 286 g/mol. The Morgan fingerprint density at radius 3 is 2.53 bits per heavy atom. The average Bonchev–Trinajstić information content (AvgIpc) is 2.38. The van der Waals surface area contributed by atoms with Crippen LogP contribution in [0.4, 0.5) is 0 Å². The number of nitrogens with one attached hydrogen (secondary N) is 1. The molecule has 2 aliphatic rings. The lowest BCUT2D eigenvalue weighted by atomic mass is 9.99. The van der Waals surface area contributed by atoms with Crippen LogP contribution in [0.5, 0.6) is 0 Å². The summed E-state index contributed by atoms with van der Waals surface area (Å²) in [5, 5.41) is 4.62. The SMILES string of the molecule is CC1SCCCC1NCC(C)(C)N1CCN(C)CC1. The standard InChI is InChI=1S/C15H31N3S/c1-13-14(6-5-11-19-13)16-12-15(2,3)18-9-7-17(4)8-10-18/h13-14,16H,5-12H2,1-4H3. The van der Waals surface area contributed by atoms with Crippen LogP contribution in [0.2, 0.25) is 0 Å². The Kier molecular flexibility index (Phi) is 5.58. The maximum Gasteiger partial charge on any atom is 0.0278 e. The molecule has 3 nitrogen and oxygen atoms in total. The molecule has 1 N–H and O–H groups in total. The quantitative estimate of drug-likeness (QED) is 0.850. The van der Waals surface area contributed by atoms with E-state index in [9.17, 15) is 0 Å². The number of hydrogen-bond acceptors (Lipinski definition) is 4. The lowest BCUT2D eigenvalue weighted by Gasteiger charge is -2.44. The molecule has 2 rings (SSSR count). The second-order valence-corrected chi connectivity index (χ2v) is 8.29. The molecule has 0 bridgehead atoms. The summed E-state index contributed by atoms with van der Waals surface area (Å²) in [6, 6.07) is 0.713. The Bertz CT molecular complexity index is 275. The summed E-state index contributed by atoms with van der Waals surface area (Å²) >= 11 is 2.13. The molecule has 2 saturated heterocycles. The van der Waals surface area contributed by atoms with Crippen LogP contribution < -0.4 is 5.32 Å². The number of thioether (sulfide) groups is 1. The molecule has 0 radical (unpaired) electrons. The fraction of sp³-hybridized carbons (Fsp3) is 1.00. The van der Waals surface area contributed by atoms with E-state index in [2.05, 4.69) is 54.7 Å². The van der Waals surface area contributed by atoms with Gasteiger partial charge in [0.2, 0.25) is 0 Å². The van der Waals surface area contributed by atoms with Crippen molar-refractivity contribution in [2.24, 2.45) is 0 Å². The van der Waals surface area contributed by atoms with Crippen molar-refractivity contribution in [1.29, 1.82) is 0 Å². The van der Waals surface area contributed by atoms with Gasteiger partial charge in [0.05, 0.1) is 0 Å². The zero-order chi connectivity index (χ0) is 13.9. The van der Waals surface area contributed by atoms with E-state index in [0.717, 1.165) is 11.8 Å². The number of likely N-dealkylation sites (N-methyl/N-ethyl adjacent to an activating group) is 1. The van der Waals surface area contributed by atoms with Crippen molar-refractivity contribution in [3.05, 3.63) is 0 Å². The summed E-state index contributed by atoms with van der Waals surface area (Å²) in [7, 11) is 2.23. The van der Waals surface area contributed by atoms with Gasteiger partial charge in [0.25, 0.3) is 0 Å². The Balaban J connectivity index is 1.79. The second kappa shape index (κ2) is 6.79. The number of piperazine rings is 1. The maximum absolute atomic E-state index is 3.84. The summed E-state index contributed by atoms with van der Waals surface area (Å²) in [4.78, 5) is 5.08. The Hall–Kier alpha value is 0.230. The number of hydrogen-bond donors (Lipinski definition) is 1. The van der Waals surface area contributed by atoms with Crippen LogP contribution in [0.1, 0.15) is 33.6 Å². The predicted octanol–water partition coefficient (Wildman–Crippen LogP) is 1.89. The van der Waals surface area contributed by atoms with E-state index in [1.165, 1.54) is 44.8 Å². The van der Waals surface area contributed by atoms with E-state index in [-0.39, 0.29) is 5.54 Å². The normalized spacial score (nSPS) is 31.6. The van der Waals surface area contributed by atoms with Crippen LogP contribution in [0.25, 0.3) is 0 Å². The third-order valence-electron chi connectivity index (χ3n) is 4.76. The molecule has 2 aliphatic heterocycles. The summed E-state index contributed by atoms with van der Waals surface area (Å²) in [5.74, 6) is 1.35. The molecule has 0 spiro atoms. The molecule has 2 unspecified atom stereocenters. The zero-order valence-corrected chi connectivity index (χ0v) is 13.9. The van der Waals surface area contributed by atoms with E-state index in [1.807, 2.05) is 0 Å². The smallest absolute Gasteiger partial charge is 0.0278 e. The van der Waals surface area contributed by atoms with Gasteiger partial charge in [-0.05, 0) is 39.5 Å². The van der Waals surface area contributed by atoms with Gasteiger partial charge in [-0.1, -0.05) is 6.92 Å². The van der Waals surface area contributed by atoms with E-state index in [0.29, 0.717) is 6.04 Å². The molecule has 2 heterocycles. The van der Waals surface area contributed by atoms with E-state index < -0.39 is 0 Å². The molecular formula is C15H31N3S. The van der Waals surface area contributed by atoms with Gasteiger partial charge in [-0.25, -0.2) is 0 Å².